The summed E-state index contributed by atoms with van der Waals surface area (Å²) in [6.07, 6.45) is 3.47. The Morgan fingerprint density at radius 1 is 0.892 bits per heavy atom. The van der Waals surface area contributed by atoms with Gasteiger partial charge in [-0.05, 0) is 66.7 Å². The lowest BCUT2D eigenvalue weighted by Gasteiger charge is -2.13. The van der Waals surface area contributed by atoms with Crippen LogP contribution in [0.1, 0.15) is 17.3 Å². The fourth-order valence-electron chi connectivity index (χ4n) is 4.48. The number of methoxy groups -OCH3 is 1. The average molecular weight is 493 g/mol. The number of pyridine rings is 2. The fourth-order valence-corrected chi connectivity index (χ4v) is 4.48. The van der Waals surface area contributed by atoms with Gasteiger partial charge >= 0.3 is 0 Å². The van der Waals surface area contributed by atoms with Crippen LogP contribution in [-0.2, 0) is 0 Å². The molecule has 0 fully saturated rings. The summed E-state index contributed by atoms with van der Waals surface area (Å²) in [7, 11) is 3.45. The van der Waals surface area contributed by atoms with Gasteiger partial charge in [-0.2, -0.15) is 0 Å². The van der Waals surface area contributed by atoms with Crippen LogP contribution in [0, 0.1) is 0 Å². The number of benzene rings is 2. The van der Waals surface area contributed by atoms with Crippen molar-refractivity contribution in [3.05, 3.63) is 90.4 Å². The Kier molecular flexibility index (Phi) is 5.50. The molecule has 0 bridgehead atoms. The number of anilines is 1. The number of nitrogens with zero attached hydrogens (tertiary/aromatic N) is 2. The number of hydrogen-bond donors (Lipinski definition) is 3. The molecule has 8 nitrogen and oxygen atoms in total. The maximum atomic E-state index is 10.2. The second-order valence-corrected chi connectivity index (χ2v) is 8.67. The zero-order valence-corrected chi connectivity index (χ0v) is 20.2. The highest BCUT2D eigenvalue weighted by atomic mass is 16.5. The molecule has 0 amide bonds. The first-order valence-corrected chi connectivity index (χ1v) is 11.7. The summed E-state index contributed by atoms with van der Waals surface area (Å²) in [6.45, 7) is 0. The quantitative estimate of drug-likeness (QED) is 0.255. The number of fused-ring (bicyclic) bond motifs is 2. The Hall–Kier alpha value is -4.82. The molecule has 6 rings (SSSR count). The second kappa shape index (κ2) is 9.00. The molecule has 0 saturated carbocycles. The molecular formula is C29H24N4O4. The van der Waals surface area contributed by atoms with E-state index in [2.05, 4.69) is 15.3 Å². The highest BCUT2D eigenvalue weighted by molar-refractivity contribution is 5.90. The number of nitrogens with two attached hydrogens (primary N) is 1. The van der Waals surface area contributed by atoms with Crippen molar-refractivity contribution >= 4 is 27.8 Å². The molecule has 4 heterocycles. The lowest BCUT2D eigenvalue weighted by molar-refractivity contribution is 0.415. The molecule has 0 spiro atoms. The van der Waals surface area contributed by atoms with Gasteiger partial charge in [-0.3, -0.25) is 4.98 Å². The summed E-state index contributed by atoms with van der Waals surface area (Å²) in [5.74, 6) is 2.92. The summed E-state index contributed by atoms with van der Waals surface area (Å²) in [4.78, 5) is 9.08. The van der Waals surface area contributed by atoms with Crippen LogP contribution in [0.25, 0.3) is 44.6 Å². The number of phenolic OH excluding ortho intramolecular Hbond substituents is 1. The lowest BCUT2D eigenvalue weighted by atomic mass is 9.97. The number of phenols is 1. The molecule has 8 heteroatoms. The van der Waals surface area contributed by atoms with Crippen molar-refractivity contribution in [2.75, 3.05) is 19.5 Å². The molecule has 0 aliphatic heterocycles. The van der Waals surface area contributed by atoms with Crippen LogP contribution >= 0.6 is 0 Å². The van der Waals surface area contributed by atoms with Gasteiger partial charge in [0.1, 0.15) is 40.0 Å². The van der Waals surface area contributed by atoms with E-state index in [1.54, 1.807) is 37.7 Å². The van der Waals surface area contributed by atoms with Crippen LogP contribution in [0.15, 0.2) is 88.0 Å². The molecule has 0 radical (unpaired) electrons. The van der Waals surface area contributed by atoms with Gasteiger partial charge < -0.3 is 29.7 Å². The number of rotatable bonds is 6. The van der Waals surface area contributed by atoms with Gasteiger partial charge in [-0.1, -0.05) is 0 Å². The van der Waals surface area contributed by atoms with Crippen molar-refractivity contribution < 1.29 is 18.7 Å². The fraction of sp³-hybridized carbons (Fsp3) is 0.103. The summed E-state index contributed by atoms with van der Waals surface area (Å²) >= 11 is 0. The minimum absolute atomic E-state index is 0.127. The molecule has 0 aliphatic carbocycles. The predicted octanol–water partition coefficient (Wildman–Crippen LogP) is 6.11. The van der Waals surface area contributed by atoms with E-state index < -0.39 is 6.04 Å². The Morgan fingerprint density at radius 2 is 1.70 bits per heavy atom. The van der Waals surface area contributed by atoms with E-state index >= 15 is 0 Å². The van der Waals surface area contributed by atoms with Crippen LogP contribution in [0.4, 0.5) is 5.82 Å². The smallest absolute Gasteiger partial charge is 0.142 e. The molecule has 1 unspecified atom stereocenters. The molecule has 0 saturated heterocycles. The Balaban J connectivity index is 1.39. The van der Waals surface area contributed by atoms with E-state index in [9.17, 15) is 5.11 Å². The molecule has 184 valence electrons. The maximum Gasteiger partial charge on any atom is 0.142 e. The van der Waals surface area contributed by atoms with Crippen molar-refractivity contribution in [1.82, 2.24) is 9.97 Å². The van der Waals surface area contributed by atoms with Crippen molar-refractivity contribution in [1.29, 1.82) is 0 Å². The molecular weight excluding hydrogens is 468 g/mol. The molecule has 2 aromatic carbocycles. The maximum absolute atomic E-state index is 10.2. The Labute approximate surface area is 212 Å². The first kappa shape index (κ1) is 22.6. The lowest BCUT2D eigenvalue weighted by Crippen LogP contribution is -2.14. The zero-order valence-electron chi connectivity index (χ0n) is 20.2. The Morgan fingerprint density at radius 3 is 2.43 bits per heavy atom. The number of ether oxygens (including phenoxy) is 1. The van der Waals surface area contributed by atoms with Crippen molar-refractivity contribution in [2.24, 2.45) is 5.73 Å². The van der Waals surface area contributed by atoms with E-state index in [1.807, 2.05) is 55.6 Å². The predicted molar refractivity (Wildman–Crippen MR) is 143 cm³/mol. The van der Waals surface area contributed by atoms with Gasteiger partial charge in [-0.15, -0.1) is 0 Å². The number of nitrogens with one attached hydrogen (secondary N) is 1. The molecule has 6 aromatic rings. The van der Waals surface area contributed by atoms with E-state index in [1.165, 1.54) is 0 Å². The van der Waals surface area contributed by atoms with Gasteiger partial charge in [-0.25, -0.2) is 4.98 Å². The second-order valence-electron chi connectivity index (χ2n) is 8.67. The minimum Gasteiger partial charge on any atom is -0.508 e. The van der Waals surface area contributed by atoms with Crippen LogP contribution in [0.2, 0.25) is 0 Å². The molecule has 0 aliphatic rings. The molecule has 4 aromatic heterocycles. The summed E-state index contributed by atoms with van der Waals surface area (Å²) in [6, 6.07) is 19.6. The first-order chi connectivity index (χ1) is 18.0. The minimum atomic E-state index is -0.615. The number of aromatic nitrogens is 2. The molecule has 4 N–H and O–H groups in total. The third-order valence-electron chi connectivity index (χ3n) is 6.42. The van der Waals surface area contributed by atoms with Gasteiger partial charge in [0.25, 0.3) is 0 Å². The first-order valence-electron chi connectivity index (χ1n) is 11.7. The van der Waals surface area contributed by atoms with Gasteiger partial charge in [0.2, 0.25) is 0 Å². The highest BCUT2D eigenvalue weighted by Crippen LogP contribution is 2.40. The van der Waals surface area contributed by atoms with Crippen molar-refractivity contribution in [3.8, 4) is 34.1 Å². The summed E-state index contributed by atoms with van der Waals surface area (Å²) < 4.78 is 17.5. The van der Waals surface area contributed by atoms with Crippen LogP contribution in [-0.4, -0.2) is 29.2 Å². The Bertz CT molecular complexity index is 1720. The SMILES string of the molecule is CNc1ccc(-c2oc3ccc(O)cc3c2C(N)c2ccc(-c3cc4cc(OC)ccc4o3)cn2)cn1. The highest BCUT2D eigenvalue weighted by Gasteiger charge is 2.24. The van der Waals surface area contributed by atoms with Gasteiger partial charge in [0.05, 0.1) is 18.8 Å². The number of aromatic hydroxyl groups is 1. The zero-order chi connectivity index (χ0) is 25.5. The van der Waals surface area contributed by atoms with Crippen LogP contribution in [0.5, 0.6) is 11.5 Å². The summed E-state index contributed by atoms with van der Waals surface area (Å²) in [5, 5.41) is 14.9. The topological polar surface area (TPSA) is 120 Å². The van der Waals surface area contributed by atoms with Crippen LogP contribution in [0.3, 0.4) is 0 Å². The number of furan rings is 2. The van der Waals surface area contributed by atoms with E-state index in [0.717, 1.165) is 44.6 Å². The molecule has 37 heavy (non-hydrogen) atoms. The van der Waals surface area contributed by atoms with E-state index in [-0.39, 0.29) is 5.75 Å². The van der Waals surface area contributed by atoms with Crippen LogP contribution < -0.4 is 15.8 Å². The number of hydrogen-bond acceptors (Lipinski definition) is 8. The third kappa shape index (κ3) is 4.03. The largest absolute Gasteiger partial charge is 0.508 e. The normalized spacial score (nSPS) is 12.2. The standard InChI is InChI=1S/C29H24N4O4/c1-31-26-10-4-17(15-33-26)29-27(21-13-19(34)5-8-24(21)37-29)28(30)22-7-3-16(14-32-22)25-12-18-11-20(35-2)6-9-23(18)36-25/h3-15,28,34H,30H2,1-2H3,(H,31,33). The average Bonchev–Trinajstić information content (AvgIpc) is 3.53. The van der Waals surface area contributed by atoms with Crippen molar-refractivity contribution in [2.45, 2.75) is 6.04 Å². The van der Waals surface area contributed by atoms with Gasteiger partial charge in [0.15, 0.2) is 0 Å². The molecule has 1 atom stereocenters. The van der Waals surface area contributed by atoms with E-state index in [0.29, 0.717) is 22.8 Å². The van der Waals surface area contributed by atoms with Gasteiger partial charge in [0, 0.05) is 46.9 Å². The third-order valence-corrected chi connectivity index (χ3v) is 6.42. The summed E-state index contributed by atoms with van der Waals surface area (Å²) in [5.41, 5.74) is 11.1. The monoisotopic (exact) mass is 492 g/mol. The van der Waals surface area contributed by atoms with Crippen molar-refractivity contribution in [3.63, 3.8) is 0 Å². The van der Waals surface area contributed by atoms with E-state index in [4.69, 9.17) is 19.3 Å².